The molecular weight excluding hydrogens is 450 g/mol. The molecule has 7 heteroatoms. The van der Waals surface area contributed by atoms with Crippen molar-refractivity contribution in [2.45, 2.75) is 58.5 Å². The van der Waals surface area contributed by atoms with Gasteiger partial charge in [-0.1, -0.05) is 17.8 Å². The third-order valence-electron chi connectivity index (χ3n) is 6.62. The highest BCUT2D eigenvalue weighted by atomic mass is 32.2. The van der Waals surface area contributed by atoms with Crippen LogP contribution in [0.15, 0.2) is 34.2 Å². The van der Waals surface area contributed by atoms with E-state index < -0.39 is 0 Å². The number of H-pyrrole nitrogens is 1. The lowest BCUT2D eigenvalue weighted by Gasteiger charge is -2.12. The van der Waals surface area contributed by atoms with Crippen LogP contribution in [0.5, 0.6) is 0 Å². The molecule has 33 heavy (non-hydrogen) atoms. The highest BCUT2D eigenvalue weighted by Crippen LogP contribution is 2.34. The SMILES string of the molecule is Cc1ccc(-n2c(C)cc(C(=O)CSc3nc4sc5c(c4c(=O)[nH]3)CCCC5)c2C)cc1C. The number of carbonyl (C=O) groups is 1. The van der Waals surface area contributed by atoms with E-state index in [9.17, 15) is 9.59 Å². The molecule has 0 amide bonds. The molecule has 3 aromatic heterocycles. The fourth-order valence-electron chi connectivity index (χ4n) is 4.73. The summed E-state index contributed by atoms with van der Waals surface area (Å²) < 4.78 is 2.13. The lowest BCUT2D eigenvalue weighted by Crippen LogP contribution is -2.12. The quantitative estimate of drug-likeness (QED) is 0.222. The maximum absolute atomic E-state index is 13.1. The van der Waals surface area contributed by atoms with Gasteiger partial charge < -0.3 is 9.55 Å². The van der Waals surface area contributed by atoms with Crippen LogP contribution in [-0.4, -0.2) is 26.1 Å². The van der Waals surface area contributed by atoms with Gasteiger partial charge in [-0.25, -0.2) is 4.98 Å². The van der Waals surface area contributed by atoms with Crippen LogP contribution >= 0.6 is 23.1 Å². The summed E-state index contributed by atoms with van der Waals surface area (Å²) in [6.45, 7) is 8.21. The van der Waals surface area contributed by atoms with Gasteiger partial charge in [-0.15, -0.1) is 11.3 Å². The number of ketones is 1. The summed E-state index contributed by atoms with van der Waals surface area (Å²) in [6, 6.07) is 8.32. The lowest BCUT2D eigenvalue weighted by molar-refractivity contribution is 0.102. The van der Waals surface area contributed by atoms with Crippen molar-refractivity contribution in [2.24, 2.45) is 0 Å². The summed E-state index contributed by atoms with van der Waals surface area (Å²) >= 11 is 2.94. The van der Waals surface area contributed by atoms with Crippen molar-refractivity contribution in [1.82, 2.24) is 14.5 Å². The molecule has 0 aliphatic heterocycles. The number of carbonyl (C=O) groups excluding carboxylic acids is 1. The molecule has 0 saturated heterocycles. The Morgan fingerprint density at radius 1 is 1.12 bits per heavy atom. The zero-order valence-corrected chi connectivity index (χ0v) is 21.0. The van der Waals surface area contributed by atoms with Crippen LogP contribution in [0.2, 0.25) is 0 Å². The lowest BCUT2D eigenvalue weighted by atomic mass is 9.97. The molecule has 170 valence electrons. The Morgan fingerprint density at radius 3 is 2.70 bits per heavy atom. The van der Waals surface area contributed by atoms with Crippen molar-refractivity contribution in [2.75, 3.05) is 5.75 Å². The molecule has 0 unspecified atom stereocenters. The topological polar surface area (TPSA) is 67.8 Å². The highest BCUT2D eigenvalue weighted by Gasteiger charge is 2.21. The highest BCUT2D eigenvalue weighted by molar-refractivity contribution is 7.99. The number of fused-ring (bicyclic) bond motifs is 3. The van der Waals surface area contributed by atoms with Crippen molar-refractivity contribution in [3.05, 3.63) is 73.1 Å². The molecule has 1 aliphatic carbocycles. The number of nitrogens with zero attached hydrogens (tertiary/aromatic N) is 2. The second-order valence-electron chi connectivity index (χ2n) is 8.86. The molecule has 3 heterocycles. The van der Waals surface area contributed by atoms with Crippen LogP contribution < -0.4 is 5.56 Å². The van der Waals surface area contributed by atoms with Crippen molar-refractivity contribution in [3.8, 4) is 5.69 Å². The van der Waals surface area contributed by atoms with Gasteiger partial charge in [0.05, 0.1) is 11.1 Å². The Kier molecular flexibility index (Phi) is 5.79. The van der Waals surface area contributed by atoms with Crippen LogP contribution in [0.1, 0.15) is 56.2 Å². The standard InChI is InChI=1S/C26H27N3O2S2/c1-14-9-10-18(11-15(14)2)29-16(3)12-20(17(29)4)21(30)13-32-26-27-24(31)23-19-7-5-6-8-22(19)33-25(23)28-26/h9-12H,5-8,13H2,1-4H3,(H,27,28,31). The molecule has 1 aromatic carbocycles. The van der Waals surface area contributed by atoms with E-state index in [0.29, 0.717) is 10.7 Å². The summed E-state index contributed by atoms with van der Waals surface area (Å²) in [4.78, 5) is 35.6. The van der Waals surface area contributed by atoms with Crippen molar-refractivity contribution >= 4 is 39.1 Å². The number of hydrogen-bond donors (Lipinski definition) is 1. The van der Waals surface area contributed by atoms with E-state index in [-0.39, 0.29) is 17.1 Å². The van der Waals surface area contributed by atoms with Crippen LogP contribution in [0, 0.1) is 27.7 Å². The Bertz CT molecular complexity index is 1460. The van der Waals surface area contributed by atoms with Crippen LogP contribution in [0.4, 0.5) is 0 Å². The monoisotopic (exact) mass is 477 g/mol. The van der Waals surface area contributed by atoms with Gasteiger partial charge in [0.15, 0.2) is 10.9 Å². The molecule has 5 rings (SSSR count). The molecule has 0 radical (unpaired) electrons. The van der Waals surface area contributed by atoms with E-state index >= 15 is 0 Å². The van der Waals surface area contributed by atoms with Gasteiger partial charge in [-0.2, -0.15) is 0 Å². The summed E-state index contributed by atoms with van der Waals surface area (Å²) in [5.41, 5.74) is 7.32. The van der Waals surface area contributed by atoms with E-state index in [1.165, 1.54) is 39.8 Å². The smallest absolute Gasteiger partial charge is 0.260 e. The predicted molar refractivity (Wildman–Crippen MR) is 137 cm³/mol. The first-order valence-corrected chi connectivity index (χ1v) is 13.1. The van der Waals surface area contributed by atoms with Gasteiger partial charge in [0.25, 0.3) is 5.56 Å². The normalized spacial score (nSPS) is 13.5. The van der Waals surface area contributed by atoms with Gasteiger partial charge in [0, 0.05) is 27.5 Å². The Hall–Kier alpha value is -2.64. The molecule has 1 N–H and O–H groups in total. The molecule has 5 nitrogen and oxygen atoms in total. The van der Waals surface area contributed by atoms with Crippen LogP contribution in [0.3, 0.4) is 0 Å². The van der Waals surface area contributed by atoms with Gasteiger partial charge in [0.2, 0.25) is 0 Å². The van der Waals surface area contributed by atoms with Crippen LogP contribution in [-0.2, 0) is 12.8 Å². The summed E-state index contributed by atoms with van der Waals surface area (Å²) in [6.07, 6.45) is 4.30. The number of hydrogen-bond acceptors (Lipinski definition) is 5. The number of aromatic amines is 1. The van der Waals surface area contributed by atoms with Crippen molar-refractivity contribution in [3.63, 3.8) is 0 Å². The third kappa shape index (κ3) is 3.97. The number of aryl methyl sites for hydroxylation is 5. The number of Topliss-reactive ketones (excluding diaryl/α,β-unsaturated/α-hetero) is 1. The number of thiophene rings is 1. The van der Waals surface area contributed by atoms with E-state index in [1.807, 2.05) is 19.9 Å². The molecular formula is C26H27N3O2S2. The number of aromatic nitrogens is 3. The van der Waals surface area contributed by atoms with Gasteiger partial charge in [-0.3, -0.25) is 9.59 Å². The Balaban J connectivity index is 1.39. The zero-order chi connectivity index (χ0) is 23.3. The largest absolute Gasteiger partial charge is 0.318 e. The van der Waals surface area contributed by atoms with E-state index in [2.05, 4.69) is 46.6 Å². The average Bonchev–Trinajstić information content (AvgIpc) is 3.31. The number of benzene rings is 1. The zero-order valence-electron chi connectivity index (χ0n) is 19.4. The number of nitrogens with one attached hydrogen (secondary N) is 1. The molecule has 0 saturated carbocycles. The molecule has 0 fully saturated rings. The number of thioether (sulfide) groups is 1. The maximum atomic E-state index is 13.1. The minimum absolute atomic E-state index is 0.0383. The molecule has 1 aliphatic rings. The first-order valence-electron chi connectivity index (χ1n) is 11.3. The van der Waals surface area contributed by atoms with Crippen molar-refractivity contribution < 1.29 is 4.79 Å². The van der Waals surface area contributed by atoms with E-state index in [0.717, 1.165) is 46.6 Å². The predicted octanol–water partition coefficient (Wildman–Crippen LogP) is 5.86. The van der Waals surface area contributed by atoms with Crippen LogP contribution in [0.25, 0.3) is 15.9 Å². The second kappa shape index (κ2) is 8.61. The minimum Gasteiger partial charge on any atom is -0.318 e. The fourth-order valence-corrected chi connectivity index (χ4v) is 6.80. The molecule has 0 bridgehead atoms. The van der Waals surface area contributed by atoms with E-state index in [1.54, 1.807) is 11.3 Å². The second-order valence-corrected chi connectivity index (χ2v) is 10.9. The summed E-state index contributed by atoms with van der Waals surface area (Å²) in [5.74, 6) is 0.271. The Labute approximate surface area is 201 Å². The van der Waals surface area contributed by atoms with E-state index in [4.69, 9.17) is 0 Å². The van der Waals surface area contributed by atoms with Crippen molar-refractivity contribution in [1.29, 1.82) is 0 Å². The molecule has 0 atom stereocenters. The Morgan fingerprint density at radius 2 is 1.91 bits per heavy atom. The molecule has 4 aromatic rings. The average molecular weight is 478 g/mol. The molecule has 0 spiro atoms. The maximum Gasteiger partial charge on any atom is 0.260 e. The summed E-state index contributed by atoms with van der Waals surface area (Å²) in [7, 11) is 0. The summed E-state index contributed by atoms with van der Waals surface area (Å²) in [5, 5.41) is 1.27. The third-order valence-corrected chi connectivity index (χ3v) is 8.68. The van der Waals surface area contributed by atoms with Gasteiger partial charge in [-0.05, 0) is 88.3 Å². The van der Waals surface area contributed by atoms with Gasteiger partial charge >= 0.3 is 0 Å². The van der Waals surface area contributed by atoms with Gasteiger partial charge in [0.1, 0.15) is 4.83 Å². The first-order chi connectivity index (χ1) is 15.8. The fraction of sp³-hybridized carbons (Fsp3) is 0.346. The first kappa shape index (κ1) is 22.2. The minimum atomic E-state index is -0.0812. The number of rotatable bonds is 5.